The maximum absolute atomic E-state index is 13.1. The van der Waals surface area contributed by atoms with E-state index in [1.54, 1.807) is 0 Å². The number of fused-ring (bicyclic) bond motifs is 3. The van der Waals surface area contributed by atoms with Crippen molar-refractivity contribution in [3.05, 3.63) is 53.6 Å². The second kappa shape index (κ2) is 10.3. The Morgan fingerprint density at radius 3 is 2.41 bits per heavy atom. The fraction of sp³-hybridized carbons (Fsp3) is 0.516. The maximum Gasteiger partial charge on any atom is 0.251 e. The summed E-state index contributed by atoms with van der Waals surface area (Å²) in [7, 11) is 0. The summed E-state index contributed by atoms with van der Waals surface area (Å²) in [6, 6.07) is 13.9. The van der Waals surface area contributed by atoms with Gasteiger partial charge in [-0.1, -0.05) is 31.9 Å². The monoisotopic (exact) mass is 498 g/mol. The number of imidazole rings is 1. The molecule has 6 nitrogen and oxygen atoms in total. The molecule has 1 unspecified atom stereocenters. The zero-order valence-corrected chi connectivity index (χ0v) is 21.8. The normalized spacial score (nSPS) is 27.5. The Morgan fingerprint density at radius 1 is 0.838 bits per heavy atom. The minimum Gasteiger partial charge on any atom is -0.349 e. The Hall–Kier alpha value is -3.15. The Balaban J connectivity index is 1.11. The van der Waals surface area contributed by atoms with Crippen LogP contribution in [0.15, 0.2) is 42.5 Å². The van der Waals surface area contributed by atoms with Crippen molar-refractivity contribution in [3.63, 3.8) is 0 Å². The number of rotatable bonds is 5. The summed E-state index contributed by atoms with van der Waals surface area (Å²) in [5, 5.41) is 6.52. The third-order valence-corrected chi connectivity index (χ3v) is 9.11. The van der Waals surface area contributed by atoms with Gasteiger partial charge in [0.25, 0.3) is 11.8 Å². The van der Waals surface area contributed by atoms with Gasteiger partial charge in [-0.3, -0.25) is 9.59 Å². The van der Waals surface area contributed by atoms with Crippen molar-refractivity contribution in [2.75, 3.05) is 0 Å². The number of carbonyl (C=O) groups is 2. The van der Waals surface area contributed by atoms with E-state index in [1.807, 2.05) is 42.5 Å². The summed E-state index contributed by atoms with van der Waals surface area (Å²) in [6.45, 7) is 2.28. The van der Waals surface area contributed by atoms with Crippen LogP contribution in [0.2, 0.25) is 0 Å². The molecule has 2 bridgehead atoms. The number of aromatic amines is 1. The molecule has 3 aromatic rings. The second-order valence-electron chi connectivity index (χ2n) is 11.8. The molecule has 194 valence electrons. The molecule has 0 radical (unpaired) electrons. The largest absolute Gasteiger partial charge is 0.349 e. The third-order valence-electron chi connectivity index (χ3n) is 9.11. The van der Waals surface area contributed by atoms with Gasteiger partial charge in [-0.2, -0.15) is 0 Å². The Labute approximate surface area is 219 Å². The van der Waals surface area contributed by atoms with Crippen molar-refractivity contribution < 1.29 is 9.59 Å². The second-order valence-corrected chi connectivity index (χ2v) is 11.8. The first-order valence-corrected chi connectivity index (χ1v) is 14.2. The molecular weight excluding hydrogens is 460 g/mol. The molecule has 3 aliphatic carbocycles. The number of hydrogen-bond donors (Lipinski definition) is 3. The van der Waals surface area contributed by atoms with E-state index in [2.05, 4.69) is 22.5 Å². The van der Waals surface area contributed by atoms with Gasteiger partial charge in [0, 0.05) is 28.8 Å². The average Bonchev–Trinajstić information content (AvgIpc) is 3.35. The summed E-state index contributed by atoms with van der Waals surface area (Å²) >= 11 is 0. The highest BCUT2D eigenvalue weighted by molar-refractivity contribution is 5.98. The lowest BCUT2D eigenvalue weighted by molar-refractivity contribution is 0.0850. The van der Waals surface area contributed by atoms with Crippen molar-refractivity contribution in [1.82, 2.24) is 20.6 Å². The van der Waals surface area contributed by atoms with Crippen LogP contribution in [-0.2, 0) is 0 Å². The van der Waals surface area contributed by atoms with Crippen LogP contribution in [0.5, 0.6) is 0 Å². The van der Waals surface area contributed by atoms with Crippen LogP contribution in [0.25, 0.3) is 22.4 Å². The molecule has 3 saturated carbocycles. The molecule has 2 amide bonds. The smallest absolute Gasteiger partial charge is 0.251 e. The van der Waals surface area contributed by atoms with Crippen LogP contribution >= 0.6 is 0 Å². The molecule has 37 heavy (non-hydrogen) atoms. The van der Waals surface area contributed by atoms with Gasteiger partial charge < -0.3 is 15.6 Å². The number of nitrogens with one attached hydrogen (secondary N) is 3. The number of benzene rings is 2. The van der Waals surface area contributed by atoms with Crippen molar-refractivity contribution in [2.24, 2.45) is 17.8 Å². The number of aromatic nitrogens is 2. The highest BCUT2D eigenvalue weighted by atomic mass is 16.2. The highest BCUT2D eigenvalue weighted by Gasteiger charge is 2.34. The van der Waals surface area contributed by atoms with E-state index in [0.717, 1.165) is 53.5 Å². The lowest BCUT2D eigenvalue weighted by Gasteiger charge is -2.40. The summed E-state index contributed by atoms with van der Waals surface area (Å²) in [4.78, 5) is 33.9. The molecule has 6 rings (SSSR count). The van der Waals surface area contributed by atoms with Crippen molar-refractivity contribution in [2.45, 2.75) is 83.2 Å². The zero-order valence-electron chi connectivity index (χ0n) is 21.8. The minimum atomic E-state index is -0.00641. The number of nitrogens with zero attached hydrogens (tertiary/aromatic N) is 1. The Morgan fingerprint density at radius 2 is 1.59 bits per heavy atom. The number of hydrogen-bond acceptors (Lipinski definition) is 3. The molecule has 3 N–H and O–H groups in total. The van der Waals surface area contributed by atoms with E-state index < -0.39 is 0 Å². The first kappa shape index (κ1) is 24.2. The van der Waals surface area contributed by atoms with Crippen molar-refractivity contribution >= 4 is 22.8 Å². The van der Waals surface area contributed by atoms with Gasteiger partial charge in [0.2, 0.25) is 0 Å². The van der Waals surface area contributed by atoms with E-state index in [-0.39, 0.29) is 17.9 Å². The topological polar surface area (TPSA) is 86.9 Å². The minimum absolute atomic E-state index is 0.00641. The number of carbonyl (C=O) groups excluding carboxylic acids is 2. The number of H-pyrrole nitrogens is 1. The van der Waals surface area contributed by atoms with Gasteiger partial charge >= 0.3 is 0 Å². The van der Waals surface area contributed by atoms with Gasteiger partial charge in [0.15, 0.2) is 0 Å². The molecule has 0 aliphatic heterocycles. The average molecular weight is 499 g/mol. The molecule has 3 fully saturated rings. The molecule has 2 aromatic carbocycles. The van der Waals surface area contributed by atoms with Crippen molar-refractivity contribution in [3.8, 4) is 11.4 Å². The fourth-order valence-electron chi connectivity index (χ4n) is 6.79. The van der Waals surface area contributed by atoms with Gasteiger partial charge in [-0.25, -0.2) is 4.98 Å². The maximum atomic E-state index is 13.1. The predicted octanol–water partition coefficient (Wildman–Crippen LogP) is 6.24. The van der Waals surface area contributed by atoms with Crippen LogP contribution in [0.1, 0.15) is 91.8 Å². The molecular formula is C31H38N4O2. The Kier molecular flexibility index (Phi) is 6.74. The van der Waals surface area contributed by atoms with Gasteiger partial charge in [-0.15, -0.1) is 0 Å². The first-order valence-electron chi connectivity index (χ1n) is 14.2. The van der Waals surface area contributed by atoms with E-state index in [9.17, 15) is 9.59 Å². The van der Waals surface area contributed by atoms with E-state index >= 15 is 0 Å². The summed E-state index contributed by atoms with van der Waals surface area (Å²) in [5.74, 6) is 3.01. The van der Waals surface area contributed by atoms with Crippen LogP contribution in [-0.4, -0.2) is 33.9 Å². The van der Waals surface area contributed by atoms with E-state index in [4.69, 9.17) is 4.98 Å². The Bertz CT molecular complexity index is 1270. The van der Waals surface area contributed by atoms with Gasteiger partial charge in [0.05, 0.1) is 11.0 Å². The van der Waals surface area contributed by atoms with Crippen LogP contribution < -0.4 is 10.6 Å². The molecule has 3 atom stereocenters. The number of amides is 2. The third kappa shape index (κ3) is 5.29. The highest BCUT2D eigenvalue weighted by Crippen LogP contribution is 2.40. The zero-order chi connectivity index (χ0) is 25.4. The fourth-order valence-corrected chi connectivity index (χ4v) is 6.79. The van der Waals surface area contributed by atoms with Crippen LogP contribution in [0, 0.1) is 17.8 Å². The lowest BCUT2D eigenvalue weighted by Crippen LogP contribution is -2.45. The van der Waals surface area contributed by atoms with Gasteiger partial charge in [-0.05, 0) is 99.5 Å². The molecule has 6 heteroatoms. The molecule has 1 heterocycles. The molecule has 3 aliphatic rings. The molecule has 0 spiro atoms. The predicted molar refractivity (Wildman–Crippen MR) is 146 cm³/mol. The summed E-state index contributed by atoms with van der Waals surface area (Å²) in [6.07, 6.45) is 12.0. The van der Waals surface area contributed by atoms with Crippen molar-refractivity contribution in [1.29, 1.82) is 0 Å². The van der Waals surface area contributed by atoms with E-state index in [1.165, 1.54) is 44.9 Å². The van der Waals surface area contributed by atoms with Gasteiger partial charge in [0.1, 0.15) is 5.82 Å². The first-order chi connectivity index (χ1) is 18.0. The van der Waals surface area contributed by atoms with Crippen LogP contribution in [0.3, 0.4) is 0 Å². The van der Waals surface area contributed by atoms with E-state index in [0.29, 0.717) is 23.1 Å². The molecule has 1 aromatic heterocycles. The van der Waals surface area contributed by atoms with Crippen LogP contribution in [0.4, 0.5) is 0 Å². The summed E-state index contributed by atoms with van der Waals surface area (Å²) < 4.78 is 0. The standard InChI is InChI=1S/C31H38N4O2/c1-19-5-13-25(14-6-19)32-30(36)22-10-8-21(9-11-22)29-33-27-16-12-24(18-28(27)34-29)31(37)35-26-15-7-20-3-2-4-23(26)17-20/h8-12,16,18-20,23,25-26H,2-7,13-15,17H2,1H3,(H,32,36)(H,33,34)(H,35,37)/t19?,20-,23-,25?,26?/m0/s1. The summed E-state index contributed by atoms with van der Waals surface area (Å²) in [5.41, 5.74) is 3.93. The SMILES string of the molecule is CC1CCC(NC(=O)c2ccc(-c3nc4ccc(C(=O)NC5CC[C@@H]6CCC[C@H]5C6)cc4[nH]3)cc2)CC1. The quantitative estimate of drug-likeness (QED) is 0.389. The molecule has 0 saturated heterocycles. The lowest BCUT2D eigenvalue weighted by atomic mass is 9.70.